The lowest BCUT2D eigenvalue weighted by Gasteiger charge is -2.13. The molecule has 1 heterocycles. The molecule has 0 atom stereocenters. The standard InChI is InChI=1S/C20H28N4.HI/c1-15-11-16(2)13-18(12-15)5-9-23-20(21-4)24-10-7-19-6-8-22-14-17(19)3;/h6,8,11-14H,5,7,9-10H2,1-4H3,(H2,21,23,24);1H. The van der Waals surface area contributed by atoms with Crippen LogP contribution >= 0.6 is 24.0 Å². The van der Waals surface area contributed by atoms with Crippen LogP contribution < -0.4 is 10.6 Å². The van der Waals surface area contributed by atoms with Gasteiger partial charge in [0.1, 0.15) is 0 Å². The maximum absolute atomic E-state index is 4.29. The Morgan fingerprint density at radius 1 is 1.00 bits per heavy atom. The van der Waals surface area contributed by atoms with Gasteiger partial charge in [0, 0.05) is 32.5 Å². The molecule has 5 heteroatoms. The number of hydrogen-bond donors (Lipinski definition) is 2. The van der Waals surface area contributed by atoms with Crippen LogP contribution in [0.4, 0.5) is 0 Å². The van der Waals surface area contributed by atoms with Crippen molar-refractivity contribution >= 4 is 29.9 Å². The third-order valence-corrected chi connectivity index (χ3v) is 4.03. The molecule has 0 fully saturated rings. The molecular weight excluding hydrogens is 423 g/mol. The molecule has 0 amide bonds. The fraction of sp³-hybridized carbons (Fsp3) is 0.400. The van der Waals surface area contributed by atoms with E-state index in [1.807, 2.05) is 19.4 Å². The van der Waals surface area contributed by atoms with Gasteiger partial charge >= 0.3 is 0 Å². The van der Waals surface area contributed by atoms with Gasteiger partial charge in [-0.1, -0.05) is 29.3 Å². The van der Waals surface area contributed by atoms with Crippen molar-refractivity contribution in [2.45, 2.75) is 33.6 Å². The Morgan fingerprint density at radius 2 is 1.64 bits per heavy atom. The molecule has 136 valence electrons. The third kappa shape index (κ3) is 7.42. The van der Waals surface area contributed by atoms with Crippen molar-refractivity contribution in [1.29, 1.82) is 0 Å². The lowest BCUT2D eigenvalue weighted by Crippen LogP contribution is -2.39. The van der Waals surface area contributed by atoms with Gasteiger partial charge in [-0.25, -0.2) is 0 Å². The SMILES string of the molecule is CN=C(NCCc1cc(C)cc(C)c1)NCCc1ccncc1C.I. The number of nitrogens with one attached hydrogen (secondary N) is 2. The summed E-state index contributed by atoms with van der Waals surface area (Å²) in [5, 5.41) is 6.76. The van der Waals surface area contributed by atoms with Gasteiger partial charge in [-0.3, -0.25) is 9.98 Å². The van der Waals surface area contributed by atoms with Crippen LogP contribution in [-0.4, -0.2) is 31.1 Å². The first-order valence-corrected chi connectivity index (χ1v) is 8.49. The first kappa shape index (κ1) is 21.4. The van der Waals surface area contributed by atoms with Gasteiger partial charge in [-0.15, -0.1) is 24.0 Å². The summed E-state index contributed by atoms with van der Waals surface area (Å²) in [7, 11) is 1.81. The van der Waals surface area contributed by atoms with E-state index in [1.165, 1.54) is 27.8 Å². The van der Waals surface area contributed by atoms with E-state index < -0.39 is 0 Å². The fourth-order valence-electron chi connectivity index (χ4n) is 2.86. The highest BCUT2D eigenvalue weighted by molar-refractivity contribution is 14.0. The highest BCUT2D eigenvalue weighted by atomic mass is 127. The minimum Gasteiger partial charge on any atom is -0.356 e. The molecule has 1 aromatic carbocycles. The second kappa shape index (κ2) is 11.1. The molecule has 0 aliphatic heterocycles. The molecule has 0 bridgehead atoms. The maximum Gasteiger partial charge on any atom is 0.190 e. The summed E-state index contributed by atoms with van der Waals surface area (Å²) in [6.07, 6.45) is 5.71. The van der Waals surface area contributed by atoms with E-state index >= 15 is 0 Å². The van der Waals surface area contributed by atoms with E-state index in [-0.39, 0.29) is 24.0 Å². The van der Waals surface area contributed by atoms with E-state index in [0.717, 1.165) is 31.9 Å². The van der Waals surface area contributed by atoms with E-state index in [2.05, 4.69) is 65.6 Å². The van der Waals surface area contributed by atoms with Crippen molar-refractivity contribution in [2.75, 3.05) is 20.1 Å². The van der Waals surface area contributed by atoms with Crippen LogP contribution in [0.5, 0.6) is 0 Å². The molecule has 0 aliphatic carbocycles. The fourth-order valence-corrected chi connectivity index (χ4v) is 2.86. The van der Waals surface area contributed by atoms with Gasteiger partial charge in [0.25, 0.3) is 0 Å². The Bertz CT molecular complexity index is 678. The molecule has 0 aliphatic rings. The summed E-state index contributed by atoms with van der Waals surface area (Å²) in [6, 6.07) is 8.78. The number of aliphatic imine (C=N–C) groups is 1. The average molecular weight is 452 g/mol. The summed E-state index contributed by atoms with van der Waals surface area (Å²) < 4.78 is 0. The molecular formula is C20H29IN4. The monoisotopic (exact) mass is 452 g/mol. The van der Waals surface area contributed by atoms with E-state index in [9.17, 15) is 0 Å². The smallest absolute Gasteiger partial charge is 0.190 e. The van der Waals surface area contributed by atoms with Crippen LogP contribution in [0, 0.1) is 20.8 Å². The highest BCUT2D eigenvalue weighted by Gasteiger charge is 2.01. The molecule has 2 aromatic rings. The summed E-state index contributed by atoms with van der Waals surface area (Å²) in [6.45, 7) is 8.11. The second-order valence-corrected chi connectivity index (χ2v) is 6.22. The second-order valence-electron chi connectivity index (χ2n) is 6.22. The lowest BCUT2D eigenvalue weighted by molar-refractivity contribution is 0.781. The number of guanidine groups is 1. The first-order chi connectivity index (χ1) is 11.6. The number of aryl methyl sites for hydroxylation is 3. The van der Waals surface area contributed by atoms with Crippen molar-refractivity contribution in [3.63, 3.8) is 0 Å². The van der Waals surface area contributed by atoms with Crippen LogP contribution in [0.3, 0.4) is 0 Å². The summed E-state index contributed by atoms with van der Waals surface area (Å²) in [4.78, 5) is 8.42. The van der Waals surface area contributed by atoms with Gasteiger partial charge < -0.3 is 10.6 Å². The maximum atomic E-state index is 4.29. The zero-order chi connectivity index (χ0) is 17.4. The Balaban J connectivity index is 0.00000312. The Morgan fingerprint density at radius 3 is 2.24 bits per heavy atom. The Labute approximate surface area is 168 Å². The Hall–Kier alpha value is -1.63. The minimum absolute atomic E-state index is 0. The number of hydrogen-bond acceptors (Lipinski definition) is 2. The van der Waals surface area contributed by atoms with Crippen molar-refractivity contribution < 1.29 is 0 Å². The number of halogens is 1. The molecule has 4 nitrogen and oxygen atoms in total. The van der Waals surface area contributed by atoms with Crippen molar-refractivity contribution in [2.24, 2.45) is 4.99 Å². The summed E-state index contributed by atoms with van der Waals surface area (Å²) in [5.41, 5.74) is 6.56. The molecule has 0 saturated heterocycles. The van der Waals surface area contributed by atoms with Crippen molar-refractivity contribution in [3.8, 4) is 0 Å². The number of pyridine rings is 1. The van der Waals surface area contributed by atoms with Gasteiger partial charge in [0.05, 0.1) is 0 Å². The summed E-state index contributed by atoms with van der Waals surface area (Å²) in [5.74, 6) is 0.853. The van der Waals surface area contributed by atoms with Crippen LogP contribution in [0.15, 0.2) is 41.7 Å². The predicted octanol–water partition coefficient (Wildman–Crippen LogP) is 3.58. The minimum atomic E-state index is 0. The molecule has 0 radical (unpaired) electrons. The Kier molecular flexibility index (Phi) is 9.49. The normalized spacial score (nSPS) is 11.0. The van der Waals surface area contributed by atoms with Crippen LogP contribution in [-0.2, 0) is 12.8 Å². The summed E-state index contributed by atoms with van der Waals surface area (Å²) >= 11 is 0. The lowest BCUT2D eigenvalue weighted by atomic mass is 10.1. The molecule has 25 heavy (non-hydrogen) atoms. The predicted molar refractivity (Wildman–Crippen MR) is 117 cm³/mol. The molecule has 2 rings (SSSR count). The molecule has 0 unspecified atom stereocenters. The van der Waals surface area contributed by atoms with Crippen molar-refractivity contribution in [3.05, 3.63) is 64.5 Å². The van der Waals surface area contributed by atoms with E-state index in [0.29, 0.717) is 0 Å². The van der Waals surface area contributed by atoms with E-state index in [4.69, 9.17) is 0 Å². The van der Waals surface area contributed by atoms with Gasteiger partial charge in [0.2, 0.25) is 0 Å². The largest absolute Gasteiger partial charge is 0.356 e. The number of rotatable bonds is 6. The number of benzene rings is 1. The third-order valence-electron chi connectivity index (χ3n) is 4.03. The molecule has 2 N–H and O–H groups in total. The molecule has 0 spiro atoms. The van der Waals surface area contributed by atoms with Crippen LogP contribution in [0.25, 0.3) is 0 Å². The first-order valence-electron chi connectivity index (χ1n) is 8.49. The highest BCUT2D eigenvalue weighted by Crippen LogP contribution is 2.09. The zero-order valence-electron chi connectivity index (χ0n) is 15.6. The number of aromatic nitrogens is 1. The van der Waals surface area contributed by atoms with Crippen LogP contribution in [0.1, 0.15) is 27.8 Å². The molecule has 1 aromatic heterocycles. The van der Waals surface area contributed by atoms with Gasteiger partial charge in [0.15, 0.2) is 5.96 Å². The number of nitrogens with zero attached hydrogens (tertiary/aromatic N) is 2. The van der Waals surface area contributed by atoms with Gasteiger partial charge in [-0.05, 0) is 56.4 Å². The molecule has 0 saturated carbocycles. The quantitative estimate of drug-likeness (QED) is 0.400. The zero-order valence-corrected chi connectivity index (χ0v) is 17.9. The average Bonchev–Trinajstić information content (AvgIpc) is 2.54. The van der Waals surface area contributed by atoms with E-state index in [1.54, 1.807) is 0 Å². The van der Waals surface area contributed by atoms with Crippen LogP contribution in [0.2, 0.25) is 0 Å². The van der Waals surface area contributed by atoms with Gasteiger partial charge in [-0.2, -0.15) is 0 Å². The van der Waals surface area contributed by atoms with Crippen molar-refractivity contribution in [1.82, 2.24) is 15.6 Å². The topological polar surface area (TPSA) is 49.3 Å².